The molecule has 3 heteroatoms. The van der Waals surface area contributed by atoms with Crippen LogP contribution in [-0.4, -0.2) is 12.9 Å². The first-order valence-electron chi connectivity index (χ1n) is 8.12. The van der Waals surface area contributed by atoms with Crippen LogP contribution in [0.1, 0.15) is 15.9 Å². The zero-order chi connectivity index (χ0) is 17.0. The number of hydrogen-bond acceptors (Lipinski definition) is 3. The third-order valence-corrected chi connectivity index (χ3v) is 4.74. The van der Waals surface area contributed by atoms with E-state index < -0.39 is 0 Å². The molecule has 0 aliphatic heterocycles. The molecule has 25 heavy (non-hydrogen) atoms. The summed E-state index contributed by atoms with van der Waals surface area (Å²) in [4.78, 5) is 13.0. The number of furan rings is 1. The maximum atomic E-state index is 13.0. The minimum Gasteiger partial charge on any atom is -0.496 e. The van der Waals surface area contributed by atoms with Crippen LogP contribution in [-0.2, 0) is 0 Å². The van der Waals surface area contributed by atoms with Crippen LogP contribution in [0.5, 0.6) is 5.75 Å². The lowest BCUT2D eigenvalue weighted by Crippen LogP contribution is -2.09. The molecule has 0 fully saturated rings. The van der Waals surface area contributed by atoms with Crippen LogP contribution >= 0.6 is 0 Å². The van der Waals surface area contributed by atoms with Crippen LogP contribution in [0, 0.1) is 0 Å². The Morgan fingerprint density at radius 3 is 2.36 bits per heavy atom. The predicted molar refractivity (Wildman–Crippen MR) is 97.1 cm³/mol. The largest absolute Gasteiger partial charge is 0.496 e. The number of rotatable bonds is 2. The van der Waals surface area contributed by atoms with Gasteiger partial charge >= 0.3 is 0 Å². The molecule has 1 aliphatic carbocycles. The smallest absolute Gasteiger partial charge is 0.194 e. The zero-order valence-corrected chi connectivity index (χ0v) is 13.6. The van der Waals surface area contributed by atoms with Crippen LogP contribution in [0.15, 0.2) is 71.1 Å². The first kappa shape index (κ1) is 14.1. The molecular weight excluding hydrogens is 312 g/mol. The normalized spacial score (nSPS) is 12.3. The predicted octanol–water partition coefficient (Wildman–Crippen LogP) is 5.32. The first-order valence-corrected chi connectivity index (χ1v) is 8.12. The van der Waals surface area contributed by atoms with Gasteiger partial charge in [0.15, 0.2) is 5.78 Å². The molecule has 4 aromatic rings. The molecule has 3 nitrogen and oxygen atoms in total. The lowest BCUT2D eigenvalue weighted by Gasteiger charge is -2.18. The van der Waals surface area contributed by atoms with E-state index in [0.717, 1.165) is 33.4 Å². The van der Waals surface area contributed by atoms with Gasteiger partial charge in [-0.15, -0.1) is 0 Å². The highest BCUT2D eigenvalue weighted by molar-refractivity contribution is 6.27. The Labute approximate surface area is 144 Å². The van der Waals surface area contributed by atoms with Crippen LogP contribution in [0.4, 0.5) is 0 Å². The minimum atomic E-state index is 0.00686. The van der Waals surface area contributed by atoms with E-state index in [9.17, 15) is 4.79 Å². The first-order chi connectivity index (χ1) is 12.3. The van der Waals surface area contributed by atoms with E-state index in [1.54, 1.807) is 7.11 Å². The number of ketones is 1. The second-order valence-electron chi connectivity index (χ2n) is 6.06. The van der Waals surface area contributed by atoms with Crippen LogP contribution < -0.4 is 4.74 Å². The number of methoxy groups -OCH3 is 1. The summed E-state index contributed by atoms with van der Waals surface area (Å²) in [6.45, 7) is 0. The summed E-state index contributed by atoms with van der Waals surface area (Å²) in [6, 6.07) is 21.2. The highest BCUT2D eigenvalue weighted by Crippen LogP contribution is 2.50. The van der Waals surface area contributed by atoms with Gasteiger partial charge in [-0.3, -0.25) is 4.79 Å². The van der Waals surface area contributed by atoms with Crippen molar-refractivity contribution in [1.29, 1.82) is 0 Å². The second kappa shape index (κ2) is 5.08. The van der Waals surface area contributed by atoms with E-state index in [2.05, 4.69) is 0 Å². The minimum absolute atomic E-state index is 0.00686. The Kier molecular flexibility index (Phi) is 2.86. The average molecular weight is 326 g/mol. The summed E-state index contributed by atoms with van der Waals surface area (Å²) in [5.41, 5.74) is 4.77. The van der Waals surface area contributed by atoms with Crippen molar-refractivity contribution < 1.29 is 13.9 Å². The molecule has 1 heterocycles. The number of carbonyl (C=O) groups is 1. The quantitative estimate of drug-likeness (QED) is 0.441. The fraction of sp³-hybridized carbons (Fsp3) is 0.0455. The van der Waals surface area contributed by atoms with Gasteiger partial charge in [-0.2, -0.15) is 0 Å². The van der Waals surface area contributed by atoms with Crippen LogP contribution in [0.2, 0.25) is 0 Å². The standard InChI is InChI=1S/C22H14O3/c1-24-16-11-5-9-14-18(16)20-19-15(21(14)23)10-6-12-17(19)25-22(20)13-7-3-2-4-8-13/h2-12H,1H3. The molecule has 0 radical (unpaired) electrons. The maximum Gasteiger partial charge on any atom is 0.194 e. The number of fused-ring (bicyclic) bond motifs is 2. The molecule has 0 unspecified atom stereocenters. The summed E-state index contributed by atoms with van der Waals surface area (Å²) in [6.07, 6.45) is 0. The molecule has 0 saturated heterocycles. The highest BCUT2D eigenvalue weighted by Gasteiger charge is 2.32. The highest BCUT2D eigenvalue weighted by atomic mass is 16.5. The van der Waals surface area contributed by atoms with Crippen molar-refractivity contribution >= 4 is 16.8 Å². The Bertz CT molecular complexity index is 1140. The van der Waals surface area contributed by atoms with E-state index in [-0.39, 0.29) is 5.78 Å². The molecule has 0 amide bonds. The van der Waals surface area contributed by atoms with E-state index >= 15 is 0 Å². The van der Waals surface area contributed by atoms with Gasteiger partial charge in [0.1, 0.15) is 17.1 Å². The Balaban J connectivity index is 1.99. The van der Waals surface area contributed by atoms with Gasteiger partial charge in [0.25, 0.3) is 0 Å². The lowest BCUT2D eigenvalue weighted by molar-refractivity contribution is 0.104. The molecule has 0 saturated carbocycles. The van der Waals surface area contributed by atoms with Crippen molar-refractivity contribution in [2.24, 2.45) is 0 Å². The Hall–Kier alpha value is -3.33. The van der Waals surface area contributed by atoms with Crippen LogP contribution in [0.25, 0.3) is 33.4 Å². The number of benzene rings is 3. The molecule has 1 aromatic heterocycles. The Morgan fingerprint density at radius 1 is 0.800 bits per heavy atom. The van der Waals surface area contributed by atoms with Gasteiger partial charge in [0.05, 0.1) is 7.11 Å². The fourth-order valence-electron chi connectivity index (χ4n) is 3.66. The van der Waals surface area contributed by atoms with Crippen LogP contribution in [0.3, 0.4) is 0 Å². The molecule has 1 aliphatic rings. The van der Waals surface area contributed by atoms with Crippen molar-refractivity contribution in [3.8, 4) is 28.2 Å². The summed E-state index contributed by atoms with van der Waals surface area (Å²) < 4.78 is 11.8. The molecule has 0 bridgehead atoms. The van der Waals surface area contributed by atoms with E-state index in [4.69, 9.17) is 9.15 Å². The number of ether oxygens (including phenoxy) is 1. The third-order valence-electron chi connectivity index (χ3n) is 4.74. The molecule has 120 valence electrons. The van der Waals surface area contributed by atoms with E-state index in [1.165, 1.54) is 0 Å². The zero-order valence-electron chi connectivity index (χ0n) is 13.6. The molecule has 5 rings (SSSR count). The Morgan fingerprint density at radius 2 is 1.56 bits per heavy atom. The molecule has 0 atom stereocenters. The SMILES string of the molecule is COc1cccc2c1-c1c(-c3ccccc3)oc3cccc(c13)C2=O. The van der Waals surface area contributed by atoms with Crippen molar-refractivity contribution in [3.63, 3.8) is 0 Å². The summed E-state index contributed by atoms with van der Waals surface area (Å²) >= 11 is 0. The van der Waals surface area contributed by atoms with Gasteiger partial charge < -0.3 is 9.15 Å². The molecule has 0 spiro atoms. The van der Waals surface area contributed by atoms with Gasteiger partial charge in [-0.25, -0.2) is 0 Å². The van der Waals surface area contributed by atoms with Gasteiger partial charge in [-0.1, -0.05) is 54.6 Å². The average Bonchev–Trinajstić information content (AvgIpc) is 3.06. The second-order valence-corrected chi connectivity index (χ2v) is 6.06. The van der Waals surface area contributed by atoms with Gasteiger partial charge in [0, 0.05) is 33.2 Å². The topological polar surface area (TPSA) is 39.4 Å². The lowest BCUT2D eigenvalue weighted by atomic mass is 9.83. The van der Waals surface area contributed by atoms with Crippen molar-refractivity contribution in [3.05, 3.63) is 77.9 Å². The van der Waals surface area contributed by atoms with Crippen molar-refractivity contribution in [1.82, 2.24) is 0 Å². The summed E-state index contributed by atoms with van der Waals surface area (Å²) in [5, 5.41) is 0.864. The van der Waals surface area contributed by atoms with E-state index in [1.807, 2.05) is 66.7 Å². The third kappa shape index (κ3) is 1.83. The monoisotopic (exact) mass is 326 g/mol. The molecule has 3 aromatic carbocycles. The number of hydrogen-bond donors (Lipinski definition) is 0. The van der Waals surface area contributed by atoms with Gasteiger partial charge in [0.2, 0.25) is 0 Å². The van der Waals surface area contributed by atoms with E-state index in [0.29, 0.717) is 16.9 Å². The summed E-state index contributed by atoms with van der Waals surface area (Å²) in [7, 11) is 1.63. The fourth-order valence-corrected chi connectivity index (χ4v) is 3.66. The molecule has 0 N–H and O–H groups in total. The molecular formula is C22H14O3. The summed E-state index contributed by atoms with van der Waals surface area (Å²) in [5.74, 6) is 1.45. The van der Waals surface area contributed by atoms with Crippen molar-refractivity contribution in [2.45, 2.75) is 0 Å². The maximum absolute atomic E-state index is 13.0. The van der Waals surface area contributed by atoms with Crippen molar-refractivity contribution in [2.75, 3.05) is 7.11 Å². The number of carbonyl (C=O) groups excluding carboxylic acids is 1. The van der Waals surface area contributed by atoms with Gasteiger partial charge in [-0.05, 0) is 12.1 Å².